The lowest BCUT2D eigenvalue weighted by Gasteiger charge is -2.33. The Balaban J connectivity index is 2.57. The van der Waals surface area contributed by atoms with Gasteiger partial charge in [-0.3, -0.25) is 0 Å². The molecule has 2 N–H and O–H groups in total. The van der Waals surface area contributed by atoms with E-state index in [-0.39, 0.29) is 0 Å². The fourth-order valence-electron chi connectivity index (χ4n) is 2.79. The van der Waals surface area contributed by atoms with Crippen LogP contribution in [0.2, 0.25) is 0 Å². The van der Waals surface area contributed by atoms with Crippen molar-refractivity contribution in [3.8, 4) is 0 Å². The third-order valence-electron chi connectivity index (χ3n) is 3.73. The van der Waals surface area contributed by atoms with Crippen molar-refractivity contribution in [2.45, 2.75) is 53.5 Å². The van der Waals surface area contributed by atoms with Gasteiger partial charge in [0.1, 0.15) is 10.6 Å². The summed E-state index contributed by atoms with van der Waals surface area (Å²) in [5, 5.41) is 1.14. The molecule has 4 nitrogen and oxygen atoms in total. The molecule has 2 heterocycles. The van der Waals surface area contributed by atoms with Crippen molar-refractivity contribution < 1.29 is 0 Å². The highest BCUT2D eigenvalue weighted by molar-refractivity contribution is 7.18. The Morgan fingerprint density at radius 1 is 1.24 bits per heavy atom. The van der Waals surface area contributed by atoms with Crippen molar-refractivity contribution in [1.29, 1.82) is 0 Å². The van der Waals surface area contributed by atoms with Gasteiger partial charge < -0.3 is 10.6 Å². The molecule has 0 radical (unpaired) electrons. The van der Waals surface area contributed by atoms with Crippen LogP contribution in [0.1, 0.15) is 45.4 Å². The van der Waals surface area contributed by atoms with Crippen LogP contribution in [0.3, 0.4) is 0 Å². The molecule has 0 aromatic carbocycles. The minimum Gasteiger partial charge on any atom is -0.368 e. The summed E-state index contributed by atoms with van der Waals surface area (Å²) in [6.07, 6.45) is 2.22. The summed E-state index contributed by atoms with van der Waals surface area (Å²) >= 11 is 1.69. The van der Waals surface area contributed by atoms with Crippen LogP contribution in [0.15, 0.2) is 6.07 Å². The molecule has 116 valence electrons. The quantitative estimate of drug-likeness (QED) is 0.867. The molecule has 0 bridgehead atoms. The van der Waals surface area contributed by atoms with Gasteiger partial charge in [-0.2, -0.15) is 4.98 Å². The highest BCUT2D eigenvalue weighted by atomic mass is 32.1. The molecule has 0 unspecified atom stereocenters. The largest absolute Gasteiger partial charge is 0.368 e. The van der Waals surface area contributed by atoms with Gasteiger partial charge in [0.15, 0.2) is 0 Å². The zero-order chi connectivity index (χ0) is 15.6. The van der Waals surface area contributed by atoms with Gasteiger partial charge in [0, 0.05) is 17.5 Å². The van der Waals surface area contributed by atoms with E-state index in [1.807, 2.05) is 0 Å². The molecular formula is C16H26N4S. The van der Waals surface area contributed by atoms with Crippen LogP contribution < -0.4 is 10.6 Å². The minimum atomic E-state index is 0.374. The van der Waals surface area contributed by atoms with E-state index in [1.54, 1.807) is 11.3 Å². The lowest BCUT2D eigenvalue weighted by Crippen LogP contribution is -2.38. The van der Waals surface area contributed by atoms with Crippen LogP contribution in [0.5, 0.6) is 0 Å². The first kappa shape index (κ1) is 16.0. The Kier molecular flexibility index (Phi) is 5.04. The SMILES string of the molecule is CCC(CC)N(CC(C)C)c1nc(N)nc2sc(C)cc12. The number of hydrogen-bond acceptors (Lipinski definition) is 5. The summed E-state index contributed by atoms with van der Waals surface area (Å²) in [5.41, 5.74) is 5.94. The number of rotatable bonds is 6. The highest BCUT2D eigenvalue weighted by Gasteiger charge is 2.22. The number of hydrogen-bond donors (Lipinski definition) is 1. The molecule has 0 atom stereocenters. The van der Waals surface area contributed by atoms with Crippen molar-refractivity contribution in [2.24, 2.45) is 5.92 Å². The second-order valence-electron chi connectivity index (χ2n) is 6.00. The molecule has 0 aliphatic rings. The monoisotopic (exact) mass is 306 g/mol. The van der Waals surface area contributed by atoms with Crippen molar-refractivity contribution in [1.82, 2.24) is 9.97 Å². The van der Waals surface area contributed by atoms with E-state index in [1.165, 1.54) is 4.88 Å². The Labute approximate surface area is 131 Å². The molecule has 0 amide bonds. The first-order valence-electron chi connectivity index (χ1n) is 7.76. The van der Waals surface area contributed by atoms with Gasteiger partial charge in [0.05, 0.1) is 5.39 Å². The Bertz CT molecular complexity index is 602. The number of fused-ring (bicyclic) bond motifs is 1. The topological polar surface area (TPSA) is 55.0 Å². The standard InChI is InChI=1S/C16H26N4S/c1-6-12(7-2)20(9-10(3)4)14-13-8-11(5)21-15(13)19-16(17)18-14/h8,10,12H,6-7,9H2,1-5H3,(H2,17,18,19). The Hall–Kier alpha value is -1.36. The van der Waals surface area contributed by atoms with Gasteiger partial charge in [0.2, 0.25) is 5.95 Å². The van der Waals surface area contributed by atoms with Crippen molar-refractivity contribution in [2.75, 3.05) is 17.2 Å². The van der Waals surface area contributed by atoms with Crippen molar-refractivity contribution >= 4 is 33.3 Å². The number of nitrogen functional groups attached to an aromatic ring is 1. The van der Waals surface area contributed by atoms with E-state index in [4.69, 9.17) is 5.73 Å². The Morgan fingerprint density at radius 2 is 1.90 bits per heavy atom. The summed E-state index contributed by atoms with van der Waals surface area (Å²) < 4.78 is 0. The predicted molar refractivity (Wildman–Crippen MR) is 93.1 cm³/mol. The average Bonchev–Trinajstić information content (AvgIpc) is 2.77. The predicted octanol–water partition coefficient (Wildman–Crippen LogP) is 4.23. The van der Waals surface area contributed by atoms with Crippen LogP contribution in [0, 0.1) is 12.8 Å². The van der Waals surface area contributed by atoms with Crippen LogP contribution >= 0.6 is 11.3 Å². The first-order chi connectivity index (χ1) is 9.96. The van der Waals surface area contributed by atoms with E-state index >= 15 is 0 Å². The van der Waals surface area contributed by atoms with Gasteiger partial charge in [-0.15, -0.1) is 11.3 Å². The van der Waals surface area contributed by atoms with Gasteiger partial charge in [-0.05, 0) is 31.7 Å². The molecule has 21 heavy (non-hydrogen) atoms. The molecule has 0 aliphatic heterocycles. The second kappa shape index (κ2) is 6.60. The maximum absolute atomic E-state index is 5.94. The molecular weight excluding hydrogens is 280 g/mol. The smallest absolute Gasteiger partial charge is 0.223 e. The van der Waals surface area contributed by atoms with E-state index in [9.17, 15) is 0 Å². The summed E-state index contributed by atoms with van der Waals surface area (Å²) in [6.45, 7) is 12.1. The number of aromatic nitrogens is 2. The maximum atomic E-state index is 5.94. The molecule has 5 heteroatoms. The number of nitrogens with two attached hydrogens (primary N) is 1. The molecule has 0 spiro atoms. The third kappa shape index (κ3) is 3.46. The van der Waals surface area contributed by atoms with Crippen LogP contribution in [0.4, 0.5) is 11.8 Å². The summed E-state index contributed by atoms with van der Waals surface area (Å²) in [4.78, 5) is 13.6. The summed E-state index contributed by atoms with van der Waals surface area (Å²) in [7, 11) is 0. The summed E-state index contributed by atoms with van der Waals surface area (Å²) in [6, 6.07) is 2.68. The summed E-state index contributed by atoms with van der Waals surface area (Å²) in [5.74, 6) is 1.96. The zero-order valence-corrected chi connectivity index (χ0v) is 14.5. The van der Waals surface area contributed by atoms with Gasteiger partial charge in [-0.25, -0.2) is 4.98 Å². The second-order valence-corrected chi connectivity index (χ2v) is 7.23. The minimum absolute atomic E-state index is 0.374. The number of nitrogens with zero attached hydrogens (tertiary/aromatic N) is 3. The maximum Gasteiger partial charge on any atom is 0.223 e. The lowest BCUT2D eigenvalue weighted by atomic mass is 10.1. The molecule has 0 aliphatic carbocycles. The molecule has 0 fully saturated rings. The fourth-order valence-corrected chi connectivity index (χ4v) is 3.67. The molecule has 0 saturated heterocycles. The molecule has 0 saturated carbocycles. The van der Waals surface area contributed by atoms with E-state index in [2.05, 4.69) is 55.6 Å². The average molecular weight is 306 g/mol. The zero-order valence-electron chi connectivity index (χ0n) is 13.7. The van der Waals surface area contributed by atoms with Crippen molar-refractivity contribution in [3.63, 3.8) is 0 Å². The Morgan fingerprint density at radius 3 is 2.48 bits per heavy atom. The lowest BCUT2D eigenvalue weighted by molar-refractivity contribution is 0.505. The third-order valence-corrected chi connectivity index (χ3v) is 4.67. The van der Waals surface area contributed by atoms with E-state index in [0.717, 1.165) is 35.4 Å². The highest BCUT2D eigenvalue weighted by Crippen LogP contribution is 2.33. The number of anilines is 2. The van der Waals surface area contributed by atoms with Gasteiger partial charge >= 0.3 is 0 Å². The number of aryl methyl sites for hydroxylation is 1. The van der Waals surface area contributed by atoms with Gasteiger partial charge in [-0.1, -0.05) is 27.7 Å². The van der Waals surface area contributed by atoms with E-state index < -0.39 is 0 Å². The molecule has 2 aromatic rings. The van der Waals surface area contributed by atoms with Crippen molar-refractivity contribution in [3.05, 3.63) is 10.9 Å². The fraction of sp³-hybridized carbons (Fsp3) is 0.625. The number of thiophene rings is 1. The van der Waals surface area contributed by atoms with E-state index in [0.29, 0.717) is 17.9 Å². The normalized spacial score (nSPS) is 11.8. The molecule has 2 aromatic heterocycles. The molecule has 2 rings (SSSR count). The van der Waals surface area contributed by atoms with Crippen LogP contribution in [0.25, 0.3) is 10.2 Å². The van der Waals surface area contributed by atoms with Gasteiger partial charge in [0.25, 0.3) is 0 Å². The van der Waals surface area contributed by atoms with Crippen LogP contribution in [-0.4, -0.2) is 22.6 Å². The van der Waals surface area contributed by atoms with Crippen LogP contribution in [-0.2, 0) is 0 Å². The first-order valence-corrected chi connectivity index (χ1v) is 8.58.